The predicted octanol–water partition coefficient (Wildman–Crippen LogP) is 2.27. The minimum Gasteiger partial charge on any atom is -0.352 e. The number of likely N-dealkylation sites (tertiary alicyclic amines) is 1. The molecule has 1 aliphatic rings. The lowest BCUT2D eigenvalue weighted by Gasteiger charge is -2.11. The summed E-state index contributed by atoms with van der Waals surface area (Å²) < 4.78 is 0. The Morgan fingerprint density at radius 2 is 1.87 bits per heavy atom. The van der Waals surface area contributed by atoms with Crippen molar-refractivity contribution >= 4 is 5.91 Å². The normalized spacial score (nSPS) is 19.5. The van der Waals surface area contributed by atoms with Gasteiger partial charge in [0.1, 0.15) is 0 Å². The molecular formula is C12H28N2O. The molecule has 0 aromatic rings. The summed E-state index contributed by atoms with van der Waals surface area (Å²) in [7, 11) is 2.08. The van der Waals surface area contributed by atoms with E-state index in [2.05, 4.69) is 17.3 Å². The van der Waals surface area contributed by atoms with E-state index in [-0.39, 0.29) is 5.91 Å². The number of hydrogen-bond donors (Lipinski definition) is 1. The summed E-state index contributed by atoms with van der Waals surface area (Å²) in [6, 6.07) is 0.396. The molecule has 1 N–H and O–H groups in total. The highest BCUT2D eigenvalue weighted by molar-refractivity contribution is 5.75. The molecule has 1 rings (SSSR count). The van der Waals surface area contributed by atoms with Gasteiger partial charge in [-0.2, -0.15) is 0 Å². The van der Waals surface area contributed by atoms with Gasteiger partial charge in [0.05, 0.1) is 0 Å². The second-order valence-corrected chi connectivity index (χ2v) is 3.17. The smallest absolute Gasteiger partial charge is 0.219 e. The molecule has 1 amide bonds. The van der Waals surface area contributed by atoms with Gasteiger partial charge in [-0.25, -0.2) is 0 Å². The molecule has 1 atom stereocenters. The van der Waals surface area contributed by atoms with Crippen LogP contribution in [0.3, 0.4) is 0 Å². The van der Waals surface area contributed by atoms with Gasteiger partial charge >= 0.3 is 0 Å². The summed E-state index contributed by atoms with van der Waals surface area (Å²) in [6.45, 7) is 12.0. The van der Waals surface area contributed by atoms with Gasteiger partial charge in [-0.3, -0.25) is 4.79 Å². The van der Waals surface area contributed by atoms with Crippen molar-refractivity contribution in [2.24, 2.45) is 0 Å². The fourth-order valence-corrected chi connectivity index (χ4v) is 1.38. The van der Waals surface area contributed by atoms with Gasteiger partial charge in [0.25, 0.3) is 0 Å². The van der Waals surface area contributed by atoms with Crippen molar-refractivity contribution in [3.63, 3.8) is 0 Å². The molecule has 92 valence electrons. The maximum Gasteiger partial charge on any atom is 0.219 e. The zero-order chi connectivity index (χ0) is 12.3. The number of amides is 1. The van der Waals surface area contributed by atoms with E-state index >= 15 is 0 Å². The lowest BCUT2D eigenvalue weighted by Crippen LogP contribution is -2.35. The summed E-state index contributed by atoms with van der Waals surface area (Å²) in [5.74, 6) is 0.172. The van der Waals surface area contributed by atoms with Crippen LogP contribution in [0.15, 0.2) is 0 Å². The topological polar surface area (TPSA) is 32.3 Å². The first-order valence-corrected chi connectivity index (χ1v) is 6.20. The van der Waals surface area contributed by atoms with Gasteiger partial charge in [-0.1, -0.05) is 34.6 Å². The Kier molecular flexibility index (Phi) is 12.9. The third-order valence-electron chi connectivity index (χ3n) is 2.08. The highest BCUT2D eigenvalue weighted by Crippen LogP contribution is 2.05. The van der Waals surface area contributed by atoms with Crippen molar-refractivity contribution in [2.45, 2.75) is 53.5 Å². The van der Waals surface area contributed by atoms with E-state index in [4.69, 9.17) is 0 Å². The van der Waals surface area contributed by atoms with Crippen LogP contribution in [0.25, 0.3) is 0 Å². The summed E-state index contributed by atoms with van der Waals surface area (Å²) in [4.78, 5) is 13.2. The van der Waals surface area contributed by atoms with Crippen molar-refractivity contribution < 1.29 is 4.79 Å². The number of carbonyl (C=O) groups is 1. The average molecular weight is 216 g/mol. The minimum atomic E-state index is 0.172. The maximum atomic E-state index is 10.9. The summed E-state index contributed by atoms with van der Waals surface area (Å²) >= 11 is 0. The molecule has 0 radical (unpaired) electrons. The van der Waals surface area contributed by atoms with E-state index in [9.17, 15) is 4.79 Å². The second kappa shape index (κ2) is 11.5. The fraction of sp³-hybridized carbons (Fsp3) is 0.917. The Morgan fingerprint density at radius 1 is 1.33 bits per heavy atom. The van der Waals surface area contributed by atoms with E-state index in [0.717, 1.165) is 19.5 Å². The van der Waals surface area contributed by atoms with Crippen LogP contribution in [0.1, 0.15) is 47.5 Å². The molecule has 0 saturated carbocycles. The van der Waals surface area contributed by atoms with Gasteiger partial charge in [0, 0.05) is 19.0 Å². The molecule has 1 aliphatic heterocycles. The largest absolute Gasteiger partial charge is 0.352 e. The average Bonchev–Trinajstić information content (AvgIpc) is 2.69. The minimum absolute atomic E-state index is 0.172. The summed E-state index contributed by atoms with van der Waals surface area (Å²) in [6.07, 6.45) is 1.70. The molecule has 1 heterocycles. The highest BCUT2D eigenvalue weighted by Gasteiger charge is 2.19. The first-order chi connectivity index (χ1) is 7.22. The van der Waals surface area contributed by atoms with Gasteiger partial charge in [0.2, 0.25) is 5.91 Å². The Labute approximate surface area is 95.2 Å². The van der Waals surface area contributed by atoms with Gasteiger partial charge in [-0.15, -0.1) is 0 Å². The zero-order valence-electron chi connectivity index (χ0n) is 11.3. The van der Waals surface area contributed by atoms with Crippen LogP contribution in [0.2, 0.25) is 0 Å². The lowest BCUT2D eigenvalue weighted by molar-refractivity contribution is -0.121. The van der Waals surface area contributed by atoms with Crippen LogP contribution in [0.4, 0.5) is 0 Å². The molecule has 1 fully saturated rings. The molecule has 0 aliphatic carbocycles. The van der Waals surface area contributed by atoms with Crippen LogP contribution in [-0.2, 0) is 4.79 Å². The monoisotopic (exact) mass is 216 g/mol. The van der Waals surface area contributed by atoms with Crippen LogP contribution >= 0.6 is 0 Å². The molecule has 1 saturated heterocycles. The van der Waals surface area contributed by atoms with E-state index in [0.29, 0.717) is 12.5 Å². The van der Waals surface area contributed by atoms with Crippen molar-refractivity contribution in [2.75, 3.05) is 20.1 Å². The van der Waals surface area contributed by atoms with Crippen LogP contribution in [0, 0.1) is 0 Å². The molecule has 3 heteroatoms. The quantitative estimate of drug-likeness (QED) is 0.768. The number of nitrogens with zero attached hydrogens (tertiary/aromatic N) is 1. The van der Waals surface area contributed by atoms with Crippen molar-refractivity contribution in [1.82, 2.24) is 10.2 Å². The lowest BCUT2D eigenvalue weighted by atomic mass is 10.2. The van der Waals surface area contributed by atoms with E-state index in [1.165, 1.54) is 0 Å². The Bertz CT molecular complexity index is 149. The molecule has 1 unspecified atom stereocenters. The Hall–Kier alpha value is -0.570. The van der Waals surface area contributed by atoms with Gasteiger partial charge in [-0.05, 0) is 20.0 Å². The Morgan fingerprint density at radius 3 is 2.20 bits per heavy atom. The van der Waals surface area contributed by atoms with E-state index in [1.54, 1.807) is 0 Å². The van der Waals surface area contributed by atoms with Crippen LogP contribution in [-0.4, -0.2) is 37.0 Å². The molecule has 15 heavy (non-hydrogen) atoms. The second-order valence-electron chi connectivity index (χ2n) is 3.17. The first-order valence-electron chi connectivity index (χ1n) is 6.20. The first kappa shape index (κ1) is 16.8. The summed E-state index contributed by atoms with van der Waals surface area (Å²) in [5, 5.41) is 2.98. The molecule has 3 nitrogen and oxygen atoms in total. The molecule has 0 bridgehead atoms. The number of hydrogen-bond acceptors (Lipinski definition) is 2. The number of likely N-dealkylation sites (N-methyl/N-ethyl adjacent to an activating group) is 1. The highest BCUT2D eigenvalue weighted by atomic mass is 16.1. The van der Waals surface area contributed by atoms with E-state index in [1.807, 2.05) is 34.6 Å². The maximum absolute atomic E-state index is 10.9. The number of nitrogens with one attached hydrogen (secondary N) is 1. The molecule has 0 aromatic carbocycles. The van der Waals surface area contributed by atoms with Crippen molar-refractivity contribution in [3.8, 4) is 0 Å². The fourth-order valence-electron chi connectivity index (χ4n) is 1.38. The van der Waals surface area contributed by atoms with Gasteiger partial charge in [0.15, 0.2) is 0 Å². The van der Waals surface area contributed by atoms with Gasteiger partial charge < -0.3 is 10.2 Å². The molecular weight excluding hydrogens is 188 g/mol. The van der Waals surface area contributed by atoms with Crippen LogP contribution < -0.4 is 5.32 Å². The standard InChI is InChI=1S/C8H16N2O.2C2H6/c1-3-8(11)9-7-4-5-10(2)6-7;2*1-2/h7H,3-6H2,1-2H3,(H,9,11);2*1-2H3. The summed E-state index contributed by atoms with van der Waals surface area (Å²) in [5.41, 5.74) is 0. The van der Waals surface area contributed by atoms with Crippen molar-refractivity contribution in [1.29, 1.82) is 0 Å². The third-order valence-corrected chi connectivity index (χ3v) is 2.08. The van der Waals surface area contributed by atoms with Crippen LogP contribution in [0.5, 0.6) is 0 Å². The number of rotatable bonds is 2. The molecule has 0 aromatic heterocycles. The molecule has 0 spiro atoms. The number of carbonyl (C=O) groups excluding carboxylic acids is 1. The predicted molar refractivity (Wildman–Crippen MR) is 67.0 cm³/mol. The van der Waals surface area contributed by atoms with Crippen molar-refractivity contribution in [3.05, 3.63) is 0 Å². The Balaban J connectivity index is 0. The third kappa shape index (κ3) is 8.43. The zero-order valence-corrected chi connectivity index (χ0v) is 11.3. The van der Waals surface area contributed by atoms with E-state index < -0.39 is 0 Å². The SMILES string of the molecule is CC.CC.CCC(=O)NC1CCN(C)C1.